The van der Waals surface area contributed by atoms with Crippen LogP contribution >= 0.6 is 11.3 Å². The summed E-state index contributed by atoms with van der Waals surface area (Å²) >= 11 is 1.73. The van der Waals surface area contributed by atoms with E-state index in [2.05, 4.69) is 12.1 Å². The molecule has 2 N–H and O–H groups in total. The van der Waals surface area contributed by atoms with Gasteiger partial charge in [0.15, 0.2) is 0 Å². The third-order valence-electron chi connectivity index (χ3n) is 3.53. The molecule has 0 saturated heterocycles. The van der Waals surface area contributed by atoms with Crippen molar-refractivity contribution in [1.82, 2.24) is 0 Å². The molecule has 0 radical (unpaired) electrons. The van der Waals surface area contributed by atoms with Crippen LogP contribution in [-0.2, 0) is 0 Å². The molecule has 3 heteroatoms. The molecule has 1 atom stereocenters. The Balaban J connectivity index is 1.89. The van der Waals surface area contributed by atoms with Crippen molar-refractivity contribution in [2.45, 2.75) is 25.8 Å². The minimum Gasteiger partial charge on any atom is -0.323 e. The first kappa shape index (κ1) is 11.9. The first-order valence-corrected chi connectivity index (χ1v) is 7.08. The number of halogens is 1. The van der Waals surface area contributed by atoms with E-state index in [1.807, 2.05) is 12.1 Å². The van der Waals surface area contributed by atoms with Crippen LogP contribution in [0.5, 0.6) is 0 Å². The molecule has 1 nitrogen and oxygen atoms in total. The number of benzene rings is 1. The summed E-state index contributed by atoms with van der Waals surface area (Å²) in [7, 11) is 0. The second kappa shape index (κ2) is 4.48. The largest absolute Gasteiger partial charge is 0.323 e. The lowest BCUT2D eigenvalue weighted by molar-refractivity contribution is 0.619. The Bertz CT molecular complexity index is 572. The van der Waals surface area contributed by atoms with Gasteiger partial charge < -0.3 is 5.73 Å². The van der Waals surface area contributed by atoms with Gasteiger partial charge in [0.25, 0.3) is 0 Å². The molecule has 1 aromatic carbocycles. The average molecular weight is 261 g/mol. The quantitative estimate of drug-likeness (QED) is 0.877. The highest BCUT2D eigenvalue weighted by atomic mass is 32.1. The third kappa shape index (κ3) is 2.20. The van der Waals surface area contributed by atoms with E-state index in [1.165, 1.54) is 28.7 Å². The van der Waals surface area contributed by atoms with E-state index < -0.39 is 0 Å². The predicted octanol–water partition coefficient (Wildman–Crippen LogP) is 4.27. The summed E-state index contributed by atoms with van der Waals surface area (Å²) in [5.41, 5.74) is 7.96. The molecule has 94 valence electrons. The minimum atomic E-state index is -0.148. The predicted molar refractivity (Wildman–Crippen MR) is 74.1 cm³/mol. The van der Waals surface area contributed by atoms with Crippen LogP contribution in [0.25, 0.3) is 10.4 Å². The maximum atomic E-state index is 13.2. The van der Waals surface area contributed by atoms with Gasteiger partial charge in [0.1, 0.15) is 5.82 Å². The van der Waals surface area contributed by atoms with E-state index in [0.29, 0.717) is 11.5 Å². The van der Waals surface area contributed by atoms with Crippen molar-refractivity contribution in [3.8, 4) is 10.4 Å². The highest BCUT2D eigenvalue weighted by Crippen LogP contribution is 2.42. The first-order valence-electron chi connectivity index (χ1n) is 6.27. The van der Waals surface area contributed by atoms with Crippen LogP contribution in [0.15, 0.2) is 30.3 Å². The Hall–Kier alpha value is -1.19. The van der Waals surface area contributed by atoms with Crippen molar-refractivity contribution in [2.24, 2.45) is 11.7 Å². The number of aryl methyl sites for hydroxylation is 1. The Morgan fingerprint density at radius 3 is 2.72 bits per heavy atom. The Morgan fingerprint density at radius 1 is 1.28 bits per heavy atom. The molecule has 3 rings (SSSR count). The van der Waals surface area contributed by atoms with Crippen LogP contribution in [0.4, 0.5) is 4.39 Å². The average Bonchev–Trinajstić information content (AvgIpc) is 3.09. The van der Waals surface area contributed by atoms with Crippen molar-refractivity contribution in [1.29, 1.82) is 0 Å². The third-order valence-corrected chi connectivity index (χ3v) is 4.76. The summed E-state index contributed by atoms with van der Waals surface area (Å²) in [5.74, 6) is 0.525. The van der Waals surface area contributed by atoms with Gasteiger partial charge >= 0.3 is 0 Å². The van der Waals surface area contributed by atoms with Gasteiger partial charge in [0.05, 0.1) is 0 Å². The molecule has 1 unspecified atom stereocenters. The molecule has 0 aliphatic heterocycles. The van der Waals surface area contributed by atoms with Crippen molar-refractivity contribution in [2.75, 3.05) is 0 Å². The first-order chi connectivity index (χ1) is 8.65. The monoisotopic (exact) mass is 261 g/mol. The van der Waals surface area contributed by atoms with E-state index in [0.717, 1.165) is 5.56 Å². The number of hydrogen-bond acceptors (Lipinski definition) is 2. The second-order valence-corrected chi connectivity index (χ2v) is 6.14. The smallest absolute Gasteiger partial charge is 0.126 e. The van der Waals surface area contributed by atoms with Gasteiger partial charge in [-0.3, -0.25) is 0 Å². The highest BCUT2D eigenvalue weighted by Gasteiger charge is 2.30. The lowest BCUT2D eigenvalue weighted by Gasteiger charge is -2.06. The van der Waals surface area contributed by atoms with Gasteiger partial charge in [-0.25, -0.2) is 4.39 Å². The summed E-state index contributed by atoms with van der Waals surface area (Å²) in [6.07, 6.45) is 2.51. The second-order valence-electron chi connectivity index (χ2n) is 5.03. The lowest BCUT2D eigenvalue weighted by Crippen LogP contribution is -2.10. The van der Waals surface area contributed by atoms with Gasteiger partial charge in [-0.1, -0.05) is 6.07 Å². The van der Waals surface area contributed by atoms with Gasteiger partial charge in [-0.2, -0.15) is 0 Å². The van der Waals surface area contributed by atoms with Gasteiger partial charge in [0.2, 0.25) is 0 Å². The molecule has 1 heterocycles. The van der Waals surface area contributed by atoms with Crippen LogP contribution in [-0.4, -0.2) is 0 Å². The molecular formula is C15H16FNS. The van der Waals surface area contributed by atoms with E-state index in [1.54, 1.807) is 18.3 Å². The maximum Gasteiger partial charge on any atom is 0.126 e. The zero-order valence-corrected chi connectivity index (χ0v) is 11.1. The van der Waals surface area contributed by atoms with Gasteiger partial charge in [-0.15, -0.1) is 11.3 Å². The van der Waals surface area contributed by atoms with Crippen LogP contribution in [0.1, 0.15) is 29.3 Å². The van der Waals surface area contributed by atoms with Crippen LogP contribution in [0.3, 0.4) is 0 Å². The fraction of sp³-hybridized carbons (Fsp3) is 0.333. The van der Waals surface area contributed by atoms with E-state index >= 15 is 0 Å². The van der Waals surface area contributed by atoms with Crippen molar-refractivity contribution < 1.29 is 4.39 Å². The van der Waals surface area contributed by atoms with E-state index in [4.69, 9.17) is 5.73 Å². The van der Waals surface area contributed by atoms with E-state index in [9.17, 15) is 4.39 Å². The van der Waals surface area contributed by atoms with E-state index in [-0.39, 0.29) is 11.9 Å². The molecule has 0 spiro atoms. The number of nitrogens with two attached hydrogens (primary N) is 1. The van der Waals surface area contributed by atoms with Crippen LogP contribution in [0, 0.1) is 18.7 Å². The summed E-state index contributed by atoms with van der Waals surface area (Å²) in [6, 6.07) is 9.65. The zero-order chi connectivity index (χ0) is 12.7. The topological polar surface area (TPSA) is 26.0 Å². The molecule has 0 amide bonds. The minimum absolute atomic E-state index is 0.148. The number of hydrogen-bond donors (Lipinski definition) is 1. The summed E-state index contributed by atoms with van der Waals surface area (Å²) < 4.78 is 13.2. The standard InChI is InChI=1S/C15H16FNS/c1-9-8-11(4-5-12(9)16)13-6-7-14(18-13)15(17)10-2-3-10/h4-8,10,15H,2-3,17H2,1H3. The van der Waals surface area contributed by atoms with Crippen molar-refractivity contribution >= 4 is 11.3 Å². The lowest BCUT2D eigenvalue weighted by atomic mass is 10.1. The molecule has 0 bridgehead atoms. The van der Waals surface area contributed by atoms with Crippen LogP contribution in [0.2, 0.25) is 0 Å². The summed E-state index contributed by atoms with van der Waals surface area (Å²) in [6.45, 7) is 1.79. The summed E-state index contributed by atoms with van der Waals surface area (Å²) in [4.78, 5) is 2.42. The fourth-order valence-corrected chi connectivity index (χ4v) is 3.27. The zero-order valence-electron chi connectivity index (χ0n) is 10.3. The molecule has 1 aliphatic carbocycles. The molecule has 2 aromatic rings. The van der Waals surface area contributed by atoms with Crippen molar-refractivity contribution in [3.05, 3.63) is 46.6 Å². The normalized spacial score (nSPS) is 16.8. The maximum absolute atomic E-state index is 13.2. The van der Waals surface area contributed by atoms with Gasteiger partial charge in [-0.05, 0) is 61.1 Å². The molecule has 1 aromatic heterocycles. The fourth-order valence-electron chi connectivity index (χ4n) is 2.17. The number of rotatable bonds is 3. The Morgan fingerprint density at radius 2 is 2.06 bits per heavy atom. The molecule has 1 fully saturated rings. The Kier molecular flexibility index (Phi) is 2.96. The molecule has 1 aliphatic rings. The molecule has 18 heavy (non-hydrogen) atoms. The van der Waals surface area contributed by atoms with Gasteiger partial charge in [0, 0.05) is 15.8 Å². The van der Waals surface area contributed by atoms with Crippen LogP contribution < -0.4 is 5.73 Å². The molecule has 1 saturated carbocycles. The summed E-state index contributed by atoms with van der Waals surface area (Å²) in [5, 5.41) is 0. The SMILES string of the molecule is Cc1cc(-c2ccc(C(N)C3CC3)s2)ccc1F. The number of thiophene rings is 1. The molecular weight excluding hydrogens is 245 g/mol. The van der Waals surface area contributed by atoms with Crippen molar-refractivity contribution in [3.63, 3.8) is 0 Å². The Labute approximate surface area is 110 Å². The highest BCUT2D eigenvalue weighted by molar-refractivity contribution is 7.15.